The number of piperidine rings is 1. The molecule has 1 N–H and O–H groups in total. The third-order valence-electron chi connectivity index (χ3n) is 8.35. The normalized spacial score (nSPS) is 16.7. The van der Waals surface area contributed by atoms with Crippen LogP contribution in [-0.2, 0) is 12.8 Å². The van der Waals surface area contributed by atoms with Crippen molar-refractivity contribution < 1.29 is 4.39 Å². The molecule has 1 saturated heterocycles. The van der Waals surface area contributed by atoms with Crippen molar-refractivity contribution in [3.05, 3.63) is 76.9 Å². The molecule has 0 bridgehead atoms. The van der Waals surface area contributed by atoms with Gasteiger partial charge in [-0.25, -0.2) is 9.37 Å². The van der Waals surface area contributed by atoms with Gasteiger partial charge in [-0.3, -0.25) is 0 Å². The molecule has 232 valence electrons. The van der Waals surface area contributed by atoms with E-state index in [4.69, 9.17) is 4.98 Å². The Hall–Kier alpha value is -2.62. The van der Waals surface area contributed by atoms with Crippen LogP contribution in [0.2, 0.25) is 0 Å². The molecule has 1 saturated carbocycles. The van der Waals surface area contributed by atoms with E-state index >= 15 is 4.39 Å². The molecular weight excluding hydrogens is 517 g/mol. The molecule has 1 aliphatic carbocycles. The molecule has 2 aliphatic rings. The molecule has 0 radical (unpaired) electrons. The van der Waals surface area contributed by atoms with E-state index in [-0.39, 0.29) is 5.82 Å². The predicted octanol–water partition coefficient (Wildman–Crippen LogP) is 10.1. The minimum atomic E-state index is -0.105. The Morgan fingerprint density at radius 3 is 2.21 bits per heavy atom. The highest BCUT2D eigenvalue weighted by Gasteiger charge is 2.36. The van der Waals surface area contributed by atoms with E-state index in [0.29, 0.717) is 23.3 Å². The van der Waals surface area contributed by atoms with Crippen LogP contribution in [0.5, 0.6) is 0 Å². The standard InChI is InChI=1S/C33H46FN3.C5H12/c1-7-24(6)36-32(8-2)30(26-12-13-26)19-28-18-27(29(22(3)4)20-31(28)34)17-25-16-23(5)33(35-21-25)37-14-10-9-11-15-37;1-5(2,3)4/h16,18,20-21,26,30,32,36H,3,6-15,17,19H2,1-2,4-5H3;1-4H3/t30-,32+;/m1./s1. The number of hydrogen-bond acceptors (Lipinski definition) is 3. The quantitative estimate of drug-likeness (QED) is 0.273. The number of anilines is 1. The van der Waals surface area contributed by atoms with E-state index in [2.05, 4.69) is 84.0 Å². The number of pyridine rings is 1. The van der Waals surface area contributed by atoms with E-state index in [1.54, 1.807) is 6.07 Å². The van der Waals surface area contributed by atoms with Crippen LogP contribution in [0.1, 0.15) is 121 Å². The molecule has 0 spiro atoms. The summed E-state index contributed by atoms with van der Waals surface area (Å²) < 4.78 is 15.5. The van der Waals surface area contributed by atoms with Gasteiger partial charge in [0.15, 0.2) is 0 Å². The van der Waals surface area contributed by atoms with Gasteiger partial charge in [-0.05, 0) is 123 Å². The highest BCUT2D eigenvalue weighted by Crippen LogP contribution is 2.42. The molecule has 1 aromatic carbocycles. The summed E-state index contributed by atoms with van der Waals surface area (Å²) in [4.78, 5) is 7.29. The molecule has 3 nitrogen and oxygen atoms in total. The van der Waals surface area contributed by atoms with Crippen molar-refractivity contribution >= 4 is 11.4 Å². The average Bonchev–Trinajstić information content (AvgIpc) is 3.77. The van der Waals surface area contributed by atoms with Gasteiger partial charge in [0.1, 0.15) is 11.6 Å². The summed E-state index contributed by atoms with van der Waals surface area (Å²) in [6.07, 6.45) is 11.7. The van der Waals surface area contributed by atoms with Gasteiger partial charge in [0.05, 0.1) is 0 Å². The summed E-state index contributed by atoms with van der Waals surface area (Å²) in [5, 5.41) is 3.66. The molecule has 42 heavy (non-hydrogen) atoms. The van der Waals surface area contributed by atoms with Crippen LogP contribution in [0.3, 0.4) is 0 Å². The Balaban J connectivity index is 0.000000892. The smallest absolute Gasteiger partial charge is 0.131 e. The first kappa shape index (κ1) is 33.9. The first-order valence-corrected chi connectivity index (χ1v) is 16.4. The molecular formula is C38H58FN3. The third-order valence-corrected chi connectivity index (χ3v) is 8.35. The molecule has 2 heterocycles. The van der Waals surface area contributed by atoms with Gasteiger partial charge in [0.2, 0.25) is 0 Å². The second-order valence-electron chi connectivity index (χ2n) is 14.4. The van der Waals surface area contributed by atoms with Gasteiger partial charge < -0.3 is 10.2 Å². The number of nitrogens with one attached hydrogen (secondary N) is 1. The van der Waals surface area contributed by atoms with E-state index in [9.17, 15) is 0 Å². The number of hydrogen-bond donors (Lipinski definition) is 1. The Morgan fingerprint density at radius 1 is 1.05 bits per heavy atom. The van der Waals surface area contributed by atoms with Crippen LogP contribution in [-0.4, -0.2) is 24.1 Å². The SMILES string of the molecule is C=C(CC)N[C@@H](CC)[C@H](Cc1cc(Cc2cnc(N3CCCCC3)c(C)c2)c(C(=C)C)cc1F)C1CC1.CC(C)(C)C. The monoisotopic (exact) mass is 575 g/mol. The minimum Gasteiger partial charge on any atom is -0.386 e. The minimum absolute atomic E-state index is 0.105. The zero-order chi connectivity index (χ0) is 31.0. The first-order chi connectivity index (χ1) is 19.8. The van der Waals surface area contributed by atoms with Gasteiger partial charge in [-0.1, -0.05) is 72.4 Å². The maximum absolute atomic E-state index is 15.5. The summed E-state index contributed by atoms with van der Waals surface area (Å²) in [5.41, 5.74) is 7.77. The number of halogens is 1. The van der Waals surface area contributed by atoms with Gasteiger partial charge >= 0.3 is 0 Å². The van der Waals surface area contributed by atoms with Crippen molar-refractivity contribution in [2.75, 3.05) is 18.0 Å². The van der Waals surface area contributed by atoms with E-state index in [0.717, 1.165) is 72.6 Å². The van der Waals surface area contributed by atoms with Crippen LogP contribution in [0.4, 0.5) is 10.2 Å². The van der Waals surface area contributed by atoms with E-state index in [1.165, 1.54) is 43.2 Å². The molecule has 2 atom stereocenters. The molecule has 1 aliphatic heterocycles. The topological polar surface area (TPSA) is 28.2 Å². The van der Waals surface area contributed by atoms with Gasteiger partial charge in [0, 0.05) is 31.0 Å². The fourth-order valence-electron chi connectivity index (χ4n) is 6.04. The lowest BCUT2D eigenvalue weighted by atomic mass is 9.84. The predicted molar refractivity (Wildman–Crippen MR) is 181 cm³/mol. The largest absolute Gasteiger partial charge is 0.386 e. The van der Waals surface area contributed by atoms with Gasteiger partial charge in [0.25, 0.3) is 0 Å². The fraction of sp³-hybridized carbons (Fsp3) is 0.605. The average molecular weight is 576 g/mol. The zero-order valence-electron chi connectivity index (χ0n) is 28.0. The van der Waals surface area contributed by atoms with Crippen LogP contribution in [0.15, 0.2) is 43.3 Å². The first-order valence-electron chi connectivity index (χ1n) is 16.4. The Morgan fingerprint density at radius 2 is 1.69 bits per heavy atom. The van der Waals surface area contributed by atoms with Crippen LogP contribution in [0, 0.1) is 30.0 Å². The molecule has 0 unspecified atom stereocenters. The highest BCUT2D eigenvalue weighted by atomic mass is 19.1. The van der Waals surface area contributed by atoms with Crippen LogP contribution in [0.25, 0.3) is 5.57 Å². The Kier molecular flexibility index (Phi) is 12.3. The number of aryl methyl sites for hydroxylation is 1. The number of nitrogens with zero attached hydrogens (tertiary/aromatic N) is 2. The molecule has 2 fully saturated rings. The third kappa shape index (κ3) is 10.3. The maximum Gasteiger partial charge on any atom is 0.131 e. The van der Waals surface area contributed by atoms with E-state index < -0.39 is 0 Å². The summed E-state index contributed by atoms with van der Waals surface area (Å²) in [6.45, 7) is 27.8. The van der Waals surface area contributed by atoms with Gasteiger partial charge in [-0.15, -0.1) is 0 Å². The molecule has 2 aromatic rings. The molecule has 0 amide bonds. The number of aromatic nitrogens is 1. The van der Waals surface area contributed by atoms with Crippen LogP contribution >= 0.6 is 0 Å². The molecule has 1 aromatic heterocycles. The second-order valence-corrected chi connectivity index (χ2v) is 14.4. The lowest BCUT2D eigenvalue weighted by Gasteiger charge is -2.30. The number of allylic oxidation sites excluding steroid dienone is 2. The summed E-state index contributed by atoms with van der Waals surface area (Å²) in [7, 11) is 0. The second kappa shape index (κ2) is 15.2. The number of benzene rings is 1. The zero-order valence-corrected chi connectivity index (χ0v) is 28.0. The van der Waals surface area contributed by atoms with Crippen molar-refractivity contribution in [2.45, 2.75) is 119 Å². The summed E-state index contributed by atoms with van der Waals surface area (Å²) >= 11 is 0. The lowest BCUT2D eigenvalue weighted by molar-refractivity contribution is 0.320. The van der Waals surface area contributed by atoms with E-state index in [1.807, 2.05) is 13.1 Å². The van der Waals surface area contributed by atoms with Crippen LogP contribution < -0.4 is 10.2 Å². The maximum atomic E-state index is 15.5. The van der Waals surface area contributed by atoms with Gasteiger partial charge in [-0.2, -0.15) is 0 Å². The van der Waals surface area contributed by atoms with Crippen molar-refractivity contribution in [3.8, 4) is 0 Å². The van der Waals surface area contributed by atoms with Crippen molar-refractivity contribution in [1.29, 1.82) is 0 Å². The Labute approximate surface area is 257 Å². The van der Waals surface area contributed by atoms with Crippen molar-refractivity contribution in [3.63, 3.8) is 0 Å². The molecule has 4 heteroatoms. The molecule has 4 rings (SSSR count). The summed E-state index contributed by atoms with van der Waals surface area (Å²) in [5.74, 6) is 2.09. The highest BCUT2D eigenvalue weighted by molar-refractivity contribution is 5.66. The van der Waals surface area contributed by atoms with Crippen molar-refractivity contribution in [2.24, 2.45) is 17.3 Å². The Bertz CT molecular complexity index is 1190. The lowest BCUT2D eigenvalue weighted by Crippen LogP contribution is -2.37. The summed E-state index contributed by atoms with van der Waals surface area (Å²) in [6, 6.07) is 6.43. The number of rotatable bonds is 12. The van der Waals surface area contributed by atoms with Crippen molar-refractivity contribution in [1.82, 2.24) is 10.3 Å². The fourth-order valence-corrected chi connectivity index (χ4v) is 6.04.